The molecular weight excluding hydrogens is 232 g/mol. The minimum absolute atomic E-state index is 0.0474. The number of rotatable bonds is 5. The van der Waals surface area contributed by atoms with Crippen LogP contribution in [0.25, 0.3) is 0 Å². The predicted octanol–water partition coefficient (Wildman–Crippen LogP) is -1.22. The molecule has 1 heterocycles. The summed E-state index contributed by atoms with van der Waals surface area (Å²) in [7, 11) is 0.544. The van der Waals surface area contributed by atoms with Crippen LogP contribution in [0.15, 0.2) is 0 Å². The molecule has 0 bridgehead atoms. The van der Waals surface area contributed by atoms with Crippen molar-refractivity contribution in [2.24, 2.45) is 0 Å². The van der Waals surface area contributed by atoms with Gasteiger partial charge in [-0.15, -0.1) is 0 Å². The van der Waals surface area contributed by atoms with Gasteiger partial charge in [0, 0.05) is 13.1 Å². The smallest absolute Gasteiger partial charge is 0.324 e. The fourth-order valence-corrected chi connectivity index (χ4v) is 3.68. The number of likely N-dealkylation sites (N-methyl/N-ethyl adjacent to an activating group) is 1. The quantitative estimate of drug-likeness (QED) is 0.636. The molecule has 0 saturated carbocycles. The normalized spacial score (nSPS) is 28.4. The molecule has 0 radical (unpaired) electrons. The molecule has 0 aliphatic carbocycles. The molecule has 1 saturated heterocycles. The number of hydrogen-bond donors (Lipinski definition) is 2. The number of nitrogens with one attached hydrogen (secondary N) is 1. The second kappa shape index (κ2) is 4.68. The lowest BCUT2D eigenvalue weighted by molar-refractivity contribution is -0.143. The van der Waals surface area contributed by atoms with Crippen molar-refractivity contribution < 1.29 is 18.3 Å². The van der Waals surface area contributed by atoms with Gasteiger partial charge in [0.2, 0.25) is 0 Å². The maximum absolute atomic E-state index is 11.3. The van der Waals surface area contributed by atoms with Gasteiger partial charge >= 0.3 is 5.97 Å². The van der Waals surface area contributed by atoms with E-state index >= 15 is 0 Å². The molecule has 6 nitrogen and oxygen atoms in total. The SMILES string of the molecule is CN(C)CCNC1(C(=O)O)CCS(=O)(=O)C1. The van der Waals surface area contributed by atoms with Gasteiger partial charge in [0.15, 0.2) is 9.84 Å². The molecule has 1 atom stereocenters. The van der Waals surface area contributed by atoms with E-state index in [1.807, 2.05) is 19.0 Å². The van der Waals surface area contributed by atoms with Crippen molar-refractivity contribution in [1.82, 2.24) is 10.2 Å². The van der Waals surface area contributed by atoms with Gasteiger partial charge in [-0.25, -0.2) is 8.42 Å². The average Bonchev–Trinajstić information content (AvgIpc) is 2.42. The molecule has 0 aromatic heterocycles. The number of aliphatic carboxylic acids is 1. The first-order valence-corrected chi connectivity index (χ1v) is 6.93. The zero-order chi connectivity index (χ0) is 12.4. The predicted molar refractivity (Wildman–Crippen MR) is 60.2 cm³/mol. The molecule has 1 unspecified atom stereocenters. The first-order chi connectivity index (χ1) is 7.27. The van der Waals surface area contributed by atoms with Crippen LogP contribution in [-0.2, 0) is 14.6 Å². The molecule has 1 rings (SSSR count). The summed E-state index contributed by atoms with van der Waals surface area (Å²) in [4.78, 5) is 13.1. The fraction of sp³-hybridized carbons (Fsp3) is 0.889. The van der Waals surface area contributed by atoms with Gasteiger partial charge in [-0.05, 0) is 20.5 Å². The van der Waals surface area contributed by atoms with Gasteiger partial charge in [0.1, 0.15) is 5.54 Å². The Bertz CT molecular complexity index is 366. The van der Waals surface area contributed by atoms with E-state index in [2.05, 4.69) is 5.32 Å². The van der Waals surface area contributed by atoms with E-state index in [4.69, 9.17) is 5.11 Å². The Kier molecular flexibility index (Phi) is 3.92. The summed E-state index contributed by atoms with van der Waals surface area (Å²) < 4.78 is 22.7. The van der Waals surface area contributed by atoms with Crippen molar-refractivity contribution in [1.29, 1.82) is 0 Å². The van der Waals surface area contributed by atoms with Crippen LogP contribution in [-0.4, -0.2) is 68.6 Å². The largest absolute Gasteiger partial charge is 0.480 e. The molecule has 0 amide bonds. The molecule has 1 aliphatic heterocycles. The fourth-order valence-electron chi connectivity index (χ4n) is 1.75. The lowest BCUT2D eigenvalue weighted by atomic mass is 9.99. The number of nitrogens with zero attached hydrogens (tertiary/aromatic N) is 1. The van der Waals surface area contributed by atoms with Crippen LogP contribution in [0.4, 0.5) is 0 Å². The number of carboxylic acids is 1. The average molecular weight is 250 g/mol. The molecule has 1 aliphatic rings. The lowest BCUT2D eigenvalue weighted by Crippen LogP contribution is -2.54. The number of carbonyl (C=O) groups is 1. The summed E-state index contributed by atoms with van der Waals surface area (Å²) in [5.74, 6) is -1.43. The minimum Gasteiger partial charge on any atom is -0.480 e. The van der Waals surface area contributed by atoms with E-state index < -0.39 is 21.3 Å². The monoisotopic (exact) mass is 250 g/mol. The first-order valence-electron chi connectivity index (χ1n) is 5.11. The van der Waals surface area contributed by atoms with Crippen molar-refractivity contribution in [2.45, 2.75) is 12.0 Å². The molecule has 0 aromatic carbocycles. The zero-order valence-electron chi connectivity index (χ0n) is 9.56. The third-order valence-electron chi connectivity index (χ3n) is 2.74. The van der Waals surface area contributed by atoms with Crippen molar-refractivity contribution in [3.8, 4) is 0 Å². The molecule has 2 N–H and O–H groups in total. The van der Waals surface area contributed by atoms with Crippen LogP contribution in [0, 0.1) is 0 Å². The first kappa shape index (κ1) is 13.4. The van der Waals surface area contributed by atoms with Crippen molar-refractivity contribution in [2.75, 3.05) is 38.7 Å². The maximum Gasteiger partial charge on any atom is 0.324 e. The molecule has 1 fully saturated rings. The highest BCUT2D eigenvalue weighted by Crippen LogP contribution is 2.23. The van der Waals surface area contributed by atoms with Gasteiger partial charge in [-0.3, -0.25) is 10.1 Å². The third-order valence-corrected chi connectivity index (χ3v) is 4.50. The van der Waals surface area contributed by atoms with Gasteiger partial charge in [0.25, 0.3) is 0 Å². The summed E-state index contributed by atoms with van der Waals surface area (Å²) in [6.45, 7) is 1.14. The van der Waals surface area contributed by atoms with Crippen molar-refractivity contribution >= 4 is 15.8 Å². The molecule has 94 valence electrons. The maximum atomic E-state index is 11.3. The van der Waals surface area contributed by atoms with E-state index in [0.717, 1.165) is 0 Å². The standard InChI is InChI=1S/C9H18N2O4S/c1-11(2)5-4-10-9(8(12)13)3-6-16(14,15)7-9/h10H,3-7H2,1-2H3,(H,12,13). The summed E-state index contributed by atoms with van der Waals surface area (Å²) in [5, 5.41) is 12.0. The second-order valence-corrected chi connectivity index (χ2v) is 6.64. The minimum atomic E-state index is -3.21. The summed E-state index contributed by atoms with van der Waals surface area (Å²) in [6.07, 6.45) is 0.151. The molecular formula is C9H18N2O4S. The van der Waals surface area contributed by atoms with E-state index in [1.54, 1.807) is 0 Å². The number of hydrogen-bond acceptors (Lipinski definition) is 5. The topological polar surface area (TPSA) is 86.7 Å². The Hall–Kier alpha value is -0.660. The van der Waals surface area contributed by atoms with Crippen molar-refractivity contribution in [3.63, 3.8) is 0 Å². The van der Waals surface area contributed by atoms with Gasteiger partial charge in [-0.1, -0.05) is 0 Å². The number of sulfone groups is 1. The van der Waals surface area contributed by atoms with E-state index in [-0.39, 0.29) is 17.9 Å². The lowest BCUT2D eigenvalue weighted by Gasteiger charge is -2.25. The van der Waals surface area contributed by atoms with Crippen LogP contribution in [0.2, 0.25) is 0 Å². The Balaban J connectivity index is 2.66. The Labute approximate surface area is 95.5 Å². The molecule has 7 heteroatoms. The van der Waals surface area contributed by atoms with Gasteiger partial charge in [-0.2, -0.15) is 0 Å². The van der Waals surface area contributed by atoms with Crippen LogP contribution in [0.5, 0.6) is 0 Å². The highest BCUT2D eigenvalue weighted by Gasteiger charge is 2.47. The highest BCUT2D eigenvalue weighted by atomic mass is 32.2. The Morgan fingerprint density at radius 2 is 2.12 bits per heavy atom. The zero-order valence-corrected chi connectivity index (χ0v) is 10.4. The van der Waals surface area contributed by atoms with E-state index in [9.17, 15) is 13.2 Å². The van der Waals surface area contributed by atoms with Crippen LogP contribution >= 0.6 is 0 Å². The molecule has 0 spiro atoms. The third kappa shape index (κ3) is 3.16. The van der Waals surface area contributed by atoms with E-state index in [0.29, 0.717) is 13.1 Å². The second-order valence-electron chi connectivity index (χ2n) is 4.46. The number of carboxylic acid groups (broad SMARTS) is 1. The Morgan fingerprint density at radius 1 is 1.50 bits per heavy atom. The van der Waals surface area contributed by atoms with Gasteiger partial charge < -0.3 is 10.0 Å². The molecule has 16 heavy (non-hydrogen) atoms. The Morgan fingerprint density at radius 3 is 2.50 bits per heavy atom. The molecule has 0 aromatic rings. The van der Waals surface area contributed by atoms with Crippen LogP contribution in [0.1, 0.15) is 6.42 Å². The van der Waals surface area contributed by atoms with Crippen LogP contribution < -0.4 is 5.32 Å². The highest BCUT2D eigenvalue weighted by molar-refractivity contribution is 7.91. The van der Waals surface area contributed by atoms with Gasteiger partial charge in [0.05, 0.1) is 11.5 Å². The summed E-state index contributed by atoms with van der Waals surface area (Å²) in [6, 6.07) is 0. The van der Waals surface area contributed by atoms with Crippen LogP contribution in [0.3, 0.4) is 0 Å². The van der Waals surface area contributed by atoms with E-state index in [1.165, 1.54) is 0 Å². The summed E-state index contributed by atoms with van der Waals surface area (Å²) >= 11 is 0. The summed E-state index contributed by atoms with van der Waals surface area (Å²) in [5.41, 5.74) is -1.28. The van der Waals surface area contributed by atoms with Crippen molar-refractivity contribution in [3.05, 3.63) is 0 Å².